The molecule has 0 aromatic carbocycles. The molecule has 0 bridgehead atoms. The molecule has 1 aliphatic heterocycles. The summed E-state index contributed by atoms with van der Waals surface area (Å²) in [7, 11) is 0. The maximum absolute atomic E-state index is 11.9. The number of likely N-dealkylation sites (N-methyl/N-ethyl adjacent to an activating group) is 1. The second kappa shape index (κ2) is 7.21. The normalized spacial score (nSPS) is 17.1. The Kier molecular flexibility index (Phi) is 5.31. The molecule has 1 N–H and O–H groups in total. The molecule has 1 aliphatic rings. The maximum atomic E-state index is 11.9. The molecular weight excluding hydrogens is 258 g/mol. The first-order valence-electron chi connectivity index (χ1n) is 6.97. The van der Waals surface area contributed by atoms with Gasteiger partial charge in [-0.05, 0) is 19.1 Å². The van der Waals surface area contributed by atoms with Gasteiger partial charge in [0.25, 0.3) is 0 Å². The lowest BCUT2D eigenvalue weighted by Gasteiger charge is -2.33. The van der Waals surface area contributed by atoms with Crippen LogP contribution in [-0.2, 0) is 4.79 Å². The van der Waals surface area contributed by atoms with Gasteiger partial charge >= 0.3 is 0 Å². The SMILES string of the molecule is CCNC(=O)CN1CCN(CC(=O)c2ccco2)CC1. The van der Waals surface area contributed by atoms with Crippen LogP contribution in [0.4, 0.5) is 0 Å². The largest absolute Gasteiger partial charge is 0.461 e. The fourth-order valence-corrected chi connectivity index (χ4v) is 2.28. The summed E-state index contributed by atoms with van der Waals surface area (Å²) >= 11 is 0. The fraction of sp³-hybridized carbons (Fsp3) is 0.571. The van der Waals surface area contributed by atoms with Crippen molar-refractivity contribution in [3.8, 4) is 0 Å². The summed E-state index contributed by atoms with van der Waals surface area (Å²) in [5, 5.41) is 2.79. The van der Waals surface area contributed by atoms with E-state index in [2.05, 4.69) is 15.1 Å². The number of Topliss-reactive ketones (excluding diaryl/α,β-unsaturated/α-hetero) is 1. The summed E-state index contributed by atoms with van der Waals surface area (Å²) < 4.78 is 5.10. The quantitative estimate of drug-likeness (QED) is 0.754. The van der Waals surface area contributed by atoms with Crippen LogP contribution < -0.4 is 5.32 Å². The van der Waals surface area contributed by atoms with E-state index < -0.39 is 0 Å². The van der Waals surface area contributed by atoms with Gasteiger partial charge in [0.15, 0.2) is 5.76 Å². The second-order valence-corrected chi connectivity index (χ2v) is 4.91. The zero-order valence-corrected chi connectivity index (χ0v) is 11.8. The Morgan fingerprint density at radius 1 is 1.20 bits per heavy atom. The van der Waals surface area contributed by atoms with Crippen molar-refractivity contribution in [3.63, 3.8) is 0 Å². The summed E-state index contributed by atoms with van der Waals surface area (Å²) in [4.78, 5) is 27.6. The number of amides is 1. The van der Waals surface area contributed by atoms with Crippen LogP contribution in [0.2, 0.25) is 0 Å². The van der Waals surface area contributed by atoms with Crippen LogP contribution in [0.15, 0.2) is 22.8 Å². The minimum Gasteiger partial charge on any atom is -0.461 e. The van der Waals surface area contributed by atoms with Gasteiger partial charge in [0, 0.05) is 32.7 Å². The average molecular weight is 279 g/mol. The molecule has 0 unspecified atom stereocenters. The Hall–Kier alpha value is -1.66. The van der Waals surface area contributed by atoms with E-state index in [-0.39, 0.29) is 11.7 Å². The summed E-state index contributed by atoms with van der Waals surface area (Å²) in [5.41, 5.74) is 0. The van der Waals surface area contributed by atoms with Crippen LogP contribution in [0.25, 0.3) is 0 Å². The van der Waals surface area contributed by atoms with Crippen molar-refractivity contribution in [2.75, 3.05) is 45.8 Å². The fourth-order valence-electron chi connectivity index (χ4n) is 2.28. The molecular formula is C14H21N3O3. The van der Waals surface area contributed by atoms with E-state index >= 15 is 0 Å². The average Bonchev–Trinajstić information content (AvgIpc) is 2.95. The molecule has 1 aromatic heterocycles. The highest BCUT2D eigenvalue weighted by Crippen LogP contribution is 2.06. The number of hydrogen-bond donors (Lipinski definition) is 1. The van der Waals surface area contributed by atoms with Crippen LogP contribution in [0.1, 0.15) is 17.5 Å². The molecule has 0 radical (unpaired) electrons. The van der Waals surface area contributed by atoms with Crippen molar-refractivity contribution in [1.82, 2.24) is 15.1 Å². The Morgan fingerprint density at radius 3 is 2.40 bits per heavy atom. The van der Waals surface area contributed by atoms with Crippen molar-refractivity contribution in [2.24, 2.45) is 0 Å². The van der Waals surface area contributed by atoms with E-state index in [9.17, 15) is 9.59 Å². The van der Waals surface area contributed by atoms with Crippen LogP contribution in [-0.4, -0.2) is 67.3 Å². The van der Waals surface area contributed by atoms with Gasteiger partial charge in [-0.1, -0.05) is 0 Å². The zero-order valence-electron chi connectivity index (χ0n) is 11.8. The summed E-state index contributed by atoms with van der Waals surface area (Å²) in [5.74, 6) is 0.481. The highest BCUT2D eigenvalue weighted by atomic mass is 16.3. The Labute approximate surface area is 118 Å². The molecule has 2 rings (SSSR count). The first kappa shape index (κ1) is 14.7. The van der Waals surface area contributed by atoms with E-state index in [0.717, 1.165) is 26.2 Å². The number of carbonyl (C=O) groups is 2. The molecule has 0 atom stereocenters. The predicted molar refractivity (Wildman–Crippen MR) is 74.6 cm³/mol. The molecule has 6 heteroatoms. The van der Waals surface area contributed by atoms with Gasteiger partial charge in [0.2, 0.25) is 11.7 Å². The van der Waals surface area contributed by atoms with Crippen LogP contribution in [0.5, 0.6) is 0 Å². The first-order valence-corrected chi connectivity index (χ1v) is 6.97. The molecule has 1 amide bonds. The Bertz CT molecular complexity index is 437. The highest BCUT2D eigenvalue weighted by molar-refractivity contribution is 5.95. The van der Waals surface area contributed by atoms with E-state index in [1.807, 2.05) is 6.92 Å². The van der Waals surface area contributed by atoms with Gasteiger partial charge in [0.1, 0.15) is 0 Å². The molecule has 0 saturated carbocycles. The van der Waals surface area contributed by atoms with Gasteiger partial charge < -0.3 is 9.73 Å². The number of rotatable bonds is 6. The first-order chi connectivity index (χ1) is 9.69. The minimum absolute atomic E-state index is 0.00664. The molecule has 0 spiro atoms. The number of piperazine rings is 1. The minimum atomic E-state index is 0.00664. The molecule has 1 fully saturated rings. The molecule has 0 aliphatic carbocycles. The van der Waals surface area contributed by atoms with Crippen molar-refractivity contribution in [1.29, 1.82) is 0 Å². The predicted octanol–water partition coefficient (Wildman–Crippen LogP) is 0.216. The summed E-state index contributed by atoms with van der Waals surface area (Å²) in [6.45, 7) is 6.60. The van der Waals surface area contributed by atoms with Crippen molar-refractivity contribution >= 4 is 11.7 Å². The number of nitrogens with zero attached hydrogens (tertiary/aromatic N) is 2. The van der Waals surface area contributed by atoms with Gasteiger partial charge in [-0.25, -0.2) is 0 Å². The van der Waals surface area contributed by atoms with Crippen LogP contribution in [0, 0.1) is 0 Å². The molecule has 1 aromatic rings. The molecule has 2 heterocycles. The van der Waals surface area contributed by atoms with Gasteiger partial charge in [-0.2, -0.15) is 0 Å². The van der Waals surface area contributed by atoms with E-state index in [0.29, 0.717) is 25.4 Å². The monoisotopic (exact) mass is 279 g/mol. The number of furan rings is 1. The standard InChI is InChI=1S/C14H21N3O3/c1-2-15-14(19)11-17-7-5-16(6-8-17)10-12(18)13-4-3-9-20-13/h3-4,9H,2,5-8,10-11H2,1H3,(H,15,19). The topological polar surface area (TPSA) is 65.8 Å². The maximum Gasteiger partial charge on any atom is 0.234 e. The number of ketones is 1. The van der Waals surface area contributed by atoms with Crippen molar-refractivity contribution < 1.29 is 14.0 Å². The zero-order chi connectivity index (χ0) is 14.4. The smallest absolute Gasteiger partial charge is 0.234 e. The lowest BCUT2D eigenvalue weighted by atomic mass is 10.2. The van der Waals surface area contributed by atoms with Crippen molar-refractivity contribution in [3.05, 3.63) is 24.2 Å². The van der Waals surface area contributed by atoms with Gasteiger partial charge in [0.05, 0.1) is 19.4 Å². The van der Waals surface area contributed by atoms with Gasteiger partial charge in [-0.15, -0.1) is 0 Å². The highest BCUT2D eigenvalue weighted by Gasteiger charge is 2.21. The third-order valence-corrected chi connectivity index (χ3v) is 3.37. The number of hydrogen-bond acceptors (Lipinski definition) is 5. The number of nitrogens with one attached hydrogen (secondary N) is 1. The lowest BCUT2D eigenvalue weighted by molar-refractivity contribution is -0.122. The van der Waals surface area contributed by atoms with Gasteiger partial charge in [-0.3, -0.25) is 19.4 Å². The van der Waals surface area contributed by atoms with E-state index in [4.69, 9.17) is 4.42 Å². The number of carbonyl (C=O) groups excluding carboxylic acids is 2. The van der Waals surface area contributed by atoms with Crippen LogP contribution >= 0.6 is 0 Å². The second-order valence-electron chi connectivity index (χ2n) is 4.91. The molecule has 20 heavy (non-hydrogen) atoms. The Balaban J connectivity index is 1.71. The third kappa shape index (κ3) is 4.18. The Morgan fingerprint density at radius 2 is 1.85 bits per heavy atom. The summed E-state index contributed by atoms with van der Waals surface area (Å²) in [6, 6.07) is 3.41. The third-order valence-electron chi connectivity index (χ3n) is 3.37. The van der Waals surface area contributed by atoms with Crippen molar-refractivity contribution in [2.45, 2.75) is 6.92 Å². The summed E-state index contributed by atoms with van der Waals surface area (Å²) in [6.07, 6.45) is 1.51. The van der Waals surface area contributed by atoms with Crippen LogP contribution in [0.3, 0.4) is 0 Å². The molecule has 6 nitrogen and oxygen atoms in total. The van der Waals surface area contributed by atoms with E-state index in [1.165, 1.54) is 6.26 Å². The lowest BCUT2D eigenvalue weighted by Crippen LogP contribution is -2.50. The molecule has 110 valence electrons. The molecule has 1 saturated heterocycles. The van der Waals surface area contributed by atoms with E-state index in [1.54, 1.807) is 12.1 Å².